The standard InChI is InChI=1S/C43H45Cl2N7O6S/c1-57-42-28(23-52-17-14-29(53)24-52)19-35(44)43(49-42)58-37-11-10-32-31(4-2-5-33(32)37)34-6-3-7-36(38(34)45)48-40-39-26(12-15-46-40)18-25(20-47-39)21-51-16-13-27(22-51)41(54)50-59(55,56)30-8-9-30/h2-7,12,15,18-20,27,29-30,37,53H,8-11,13-14,16-17,21-24H2,1H3,(H,46,48)(H,50,54)/t27-,29-,37-/m1/s1. The number of aliphatic hydroxyl groups excluding tert-OH is 1. The number of benzene rings is 2. The van der Waals surface area contributed by atoms with Crippen LogP contribution in [0.25, 0.3) is 22.0 Å². The number of hydrogen-bond donors (Lipinski definition) is 3. The second-order valence-corrected chi connectivity index (χ2v) is 18.7. The maximum absolute atomic E-state index is 12.7. The number of methoxy groups -OCH3 is 1. The van der Waals surface area contributed by atoms with Crippen molar-refractivity contribution in [3.63, 3.8) is 0 Å². The Kier molecular flexibility index (Phi) is 11.1. The van der Waals surface area contributed by atoms with Crippen LogP contribution in [-0.4, -0.2) is 88.8 Å². The van der Waals surface area contributed by atoms with E-state index in [0.717, 1.165) is 64.6 Å². The highest BCUT2D eigenvalue weighted by Gasteiger charge is 2.39. The number of carbonyl (C=O) groups excluding carboxylic acids is 1. The van der Waals surface area contributed by atoms with Crippen molar-refractivity contribution in [2.24, 2.45) is 5.92 Å². The van der Waals surface area contributed by atoms with Crippen molar-refractivity contribution in [3.8, 4) is 22.9 Å². The lowest BCUT2D eigenvalue weighted by Gasteiger charge is -2.20. The van der Waals surface area contributed by atoms with Crippen LogP contribution >= 0.6 is 23.2 Å². The molecule has 1 amide bonds. The van der Waals surface area contributed by atoms with E-state index in [9.17, 15) is 18.3 Å². The molecular weight excluding hydrogens is 813 g/mol. The lowest BCUT2D eigenvalue weighted by Crippen LogP contribution is -2.38. The number of hydrogen-bond acceptors (Lipinski definition) is 12. The van der Waals surface area contributed by atoms with Crippen LogP contribution in [0.1, 0.15) is 60.5 Å². The van der Waals surface area contributed by atoms with Gasteiger partial charge in [-0.1, -0.05) is 53.5 Å². The summed E-state index contributed by atoms with van der Waals surface area (Å²) in [6.45, 7) is 3.75. The number of aromatic nitrogens is 3. The fourth-order valence-corrected chi connectivity index (χ4v) is 10.4. The third-order valence-electron chi connectivity index (χ3n) is 11.7. The minimum Gasteiger partial charge on any atom is -0.481 e. The highest BCUT2D eigenvalue weighted by molar-refractivity contribution is 7.90. The zero-order valence-corrected chi connectivity index (χ0v) is 34.9. The Hall–Kier alpha value is -4.57. The van der Waals surface area contributed by atoms with Gasteiger partial charge in [0.25, 0.3) is 0 Å². The van der Waals surface area contributed by atoms with Gasteiger partial charge in [-0.2, -0.15) is 4.98 Å². The average Bonchev–Trinajstić information content (AvgIpc) is 3.67. The van der Waals surface area contributed by atoms with E-state index in [4.69, 9.17) is 37.7 Å². The SMILES string of the molecule is COc1nc(O[C@@H]2CCc3c(-c4cccc(Nc5nccc6cc(CN7CC[C@@H](C(=O)NS(=O)(=O)C8CC8)C7)cnc56)c4Cl)cccc32)c(Cl)cc1CN1CC[C@@H](O)C1. The fourth-order valence-electron chi connectivity index (χ4n) is 8.57. The number of likely N-dealkylation sites (tertiary alicyclic amines) is 2. The first kappa shape index (κ1) is 39.9. The van der Waals surface area contributed by atoms with E-state index in [0.29, 0.717) is 90.8 Å². The maximum atomic E-state index is 12.7. The van der Waals surface area contributed by atoms with Crippen LogP contribution in [0.3, 0.4) is 0 Å². The van der Waals surface area contributed by atoms with Gasteiger partial charge < -0.3 is 19.9 Å². The van der Waals surface area contributed by atoms with Crippen LogP contribution in [0, 0.1) is 5.92 Å². The number of halogens is 2. The molecule has 0 unspecified atom stereocenters. The van der Waals surface area contributed by atoms with Gasteiger partial charge in [-0.3, -0.25) is 24.3 Å². The molecule has 2 saturated heterocycles. The molecule has 0 spiro atoms. The zero-order valence-electron chi connectivity index (χ0n) is 32.5. The summed E-state index contributed by atoms with van der Waals surface area (Å²) < 4.78 is 39.0. The van der Waals surface area contributed by atoms with Crippen LogP contribution < -0.4 is 19.5 Å². The molecule has 4 aliphatic rings. The molecule has 9 rings (SSSR count). The molecule has 2 aliphatic heterocycles. The molecular formula is C43H45Cl2N7O6S. The summed E-state index contributed by atoms with van der Waals surface area (Å²) in [6.07, 6.45) is 7.06. The minimum atomic E-state index is -3.56. The molecule has 13 nitrogen and oxygen atoms in total. The summed E-state index contributed by atoms with van der Waals surface area (Å²) in [7, 11) is -1.98. The molecule has 59 heavy (non-hydrogen) atoms. The summed E-state index contributed by atoms with van der Waals surface area (Å²) in [6, 6.07) is 17.9. The second kappa shape index (κ2) is 16.5. The van der Waals surface area contributed by atoms with E-state index >= 15 is 0 Å². The Bertz CT molecular complexity index is 2540. The zero-order chi connectivity index (χ0) is 40.8. The quantitative estimate of drug-likeness (QED) is 0.114. The van der Waals surface area contributed by atoms with Crippen LogP contribution in [0.2, 0.25) is 10.0 Å². The van der Waals surface area contributed by atoms with Crippen molar-refractivity contribution in [3.05, 3.63) is 99.3 Å². The first-order chi connectivity index (χ1) is 28.5. The Morgan fingerprint density at radius 2 is 1.73 bits per heavy atom. The van der Waals surface area contributed by atoms with Gasteiger partial charge in [0.05, 0.1) is 35.1 Å². The molecule has 2 aromatic carbocycles. The predicted octanol–water partition coefficient (Wildman–Crippen LogP) is 6.81. The monoisotopic (exact) mass is 857 g/mol. The van der Waals surface area contributed by atoms with Crippen molar-refractivity contribution in [2.75, 3.05) is 38.6 Å². The number of ether oxygens (including phenoxy) is 2. The maximum Gasteiger partial charge on any atom is 0.237 e. The van der Waals surface area contributed by atoms with Gasteiger partial charge in [0.15, 0.2) is 5.82 Å². The highest BCUT2D eigenvalue weighted by Crippen LogP contribution is 2.45. The number of anilines is 2. The molecule has 3 N–H and O–H groups in total. The molecule has 3 fully saturated rings. The molecule has 0 radical (unpaired) electrons. The first-order valence-electron chi connectivity index (χ1n) is 20.0. The molecule has 5 heterocycles. The number of fused-ring (bicyclic) bond motifs is 2. The minimum absolute atomic E-state index is 0.266. The Morgan fingerprint density at radius 3 is 2.53 bits per heavy atom. The van der Waals surface area contributed by atoms with Crippen LogP contribution in [-0.2, 0) is 34.3 Å². The third kappa shape index (κ3) is 8.44. The Balaban J connectivity index is 0.889. The molecule has 1 saturated carbocycles. The number of β-amino-alcohol motifs (C(OH)–C–C–N with tert-alkyl or cyclic N) is 1. The number of nitrogens with one attached hydrogen (secondary N) is 2. The van der Waals surface area contributed by atoms with Gasteiger partial charge in [0.2, 0.25) is 27.7 Å². The molecule has 3 atom stereocenters. The van der Waals surface area contributed by atoms with Gasteiger partial charge in [-0.25, -0.2) is 13.4 Å². The van der Waals surface area contributed by atoms with Crippen molar-refractivity contribution in [2.45, 2.75) is 69.1 Å². The van der Waals surface area contributed by atoms with E-state index in [-0.39, 0.29) is 18.1 Å². The molecule has 3 aromatic heterocycles. The highest BCUT2D eigenvalue weighted by atomic mass is 35.5. The number of rotatable bonds is 13. The summed E-state index contributed by atoms with van der Waals surface area (Å²) in [5.74, 6) is 0.564. The number of nitrogens with zero attached hydrogens (tertiary/aromatic N) is 5. The second-order valence-electron chi connectivity index (χ2n) is 15.9. The number of amides is 1. The lowest BCUT2D eigenvalue weighted by atomic mass is 9.96. The summed E-state index contributed by atoms with van der Waals surface area (Å²) in [5.41, 5.74) is 7.29. The smallest absolute Gasteiger partial charge is 0.237 e. The van der Waals surface area contributed by atoms with Gasteiger partial charge in [-0.05, 0) is 91.6 Å². The van der Waals surface area contributed by atoms with E-state index in [1.165, 1.54) is 0 Å². The van der Waals surface area contributed by atoms with Gasteiger partial charge in [0.1, 0.15) is 16.6 Å². The Morgan fingerprint density at radius 1 is 0.932 bits per heavy atom. The first-order valence-corrected chi connectivity index (χ1v) is 22.3. The van der Waals surface area contributed by atoms with Crippen LogP contribution in [0.15, 0.2) is 67.0 Å². The number of carbonyl (C=O) groups is 1. The average molecular weight is 859 g/mol. The van der Waals surface area contributed by atoms with Gasteiger partial charge in [-0.15, -0.1) is 0 Å². The fraction of sp³-hybridized carbons (Fsp3) is 0.395. The molecule has 308 valence electrons. The van der Waals surface area contributed by atoms with Crippen LogP contribution in [0.4, 0.5) is 11.5 Å². The summed E-state index contributed by atoms with van der Waals surface area (Å²) >= 11 is 13.9. The number of aliphatic hydroxyl groups is 1. The summed E-state index contributed by atoms with van der Waals surface area (Å²) in [5, 5.41) is 14.8. The van der Waals surface area contributed by atoms with E-state index in [2.05, 4.69) is 48.0 Å². The third-order valence-corrected chi connectivity index (χ3v) is 14.3. The van der Waals surface area contributed by atoms with Crippen molar-refractivity contribution < 1.29 is 27.8 Å². The topological polar surface area (TPSA) is 159 Å². The van der Waals surface area contributed by atoms with E-state index in [1.54, 1.807) is 13.3 Å². The van der Waals surface area contributed by atoms with Gasteiger partial charge in [0, 0.05) is 61.6 Å². The van der Waals surface area contributed by atoms with Crippen molar-refractivity contribution in [1.29, 1.82) is 0 Å². The molecule has 2 aliphatic carbocycles. The largest absolute Gasteiger partial charge is 0.481 e. The van der Waals surface area contributed by atoms with E-state index < -0.39 is 21.2 Å². The number of sulfonamides is 1. The van der Waals surface area contributed by atoms with Crippen molar-refractivity contribution in [1.82, 2.24) is 29.5 Å². The Labute approximate surface area is 353 Å². The lowest BCUT2D eigenvalue weighted by molar-refractivity contribution is -0.122. The predicted molar refractivity (Wildman–Crippen MR) is 227 cm³/mol. The summed E-state index contributed by atoms with van der Waals surface area (Å²) in [4.78, 5) is 31.1. The molecule has 5 aromatic rings. The normalized spacial score (nSPS) is 20.8. The molecule has 0 bridgehead atoms. The van der Waals surface area contributed by atoms with Gasteiger partial charge >= 0.3 is 0 Å². The van der Waals surface area contributed by atoms with Crippen LogP contribution in [0.5, 0.6) is 11.8 Å². The molecule has 16 heteroatoms. The van der Waals surface area contributed by atoms with E-state index in [1.807, 2.05) is 42.6 Å². The van der Waals surface area contributed by atoms with Crippen molar-refractivity contribution >= 4 is 61.5 Å². The number of pyridine rings is 3.